The predicted molar refractivity (Wildman–Crippen MR) is 151 cm³/mol. The van der Waals surface area contributed by atoms with Crippen molar-refractivity contribution in [3.05, 3.63) is 105 Å². The number of benzene rings is 3. The van der Waals surface area contributed by atoms with Crippen molar-refractivity contribution in [2.75, 3.05) is 17.7 Å². The van der Waals surface area contributed by atoms with Gasteiger partial charge in [-0.05, 0) is 61.4 Å². The van der Waals surface area contributed by atoms with Gasteiger partial charge in [-0.2, -0.15) is 4.98 Å². The van der Waals surface area contributed by atoms with Gasteiger partial charge in [-0.25, -0.2) is 4.68 Å². The standard InChI is InChI=1S/C28H26BrN5O2S/c1-17-6-4-7-19(14-17)16-37-28-32-27-30-18(2)24(26(35)31-22-10-12-23(36-3)13-11-22)25(34(27)33-28)20-8-5-9-21(29)15-20/h4-15,25H,16H2,1-3H3,(H,31,35)(H,30,32,33)/t25-/m0/s1. The Morgan fingerprint density at radius 1 is 1.11 bits per heavy atom. The molecule has 3 aromatic carbocycles. The van der Waals surface area contributed by atoms with E-state index in [0.717, 1.165) is 27.2 Å². The summed E-state index contributed by atoms with van der Waals surface area (Å²) in [6, 6.07) is 23.2. The van der Waals surface area contributed by atoms with E-state index in [1.165, 1.54) is 11.1 Å². The second kappa shape index (κ2) is 10.8. The quantitative estimate of drug-likeness (QED) is 0.242. The number of aromatic nitrogens is 3. The van der Waals surface area contributed by atoms with Crippen LogP contribution in [0.1, 0.15) is 29.7 Å². The van der Waals surface area contributed by atoms with Gasteiger partial charge in [0.1, 0.15) is 11.8 Å². The average molecular weight is 577 g/mol. The molecule has 37 heavy (non-hydrogen) atoms. The lowest BCUT2D eigenvalue weighted by Crippen LogP contribution is -2.31. The highest BCUT2D eigenvalue weighted by atomic mass is 79.9. The van der Waals surface area contributed by atoms with E-state index in [4.69, 9.17) is 14.8 Å². The largest absolute Gasteiger partial charge is 0.497 e. The second-order valence-electron chi connectivity index (χ2n) is 8.74. The molecule has 1 amide bonds. The first-order valence-corrected chi connectivity index (χ1v) is 13.5. The van der Waals surface area contributed by atoms with Crippen molar-refractivity contribution >= 4 is 45.2 Å². The van der Waals surface area contributed by atoms with E-state index in [9.17, 15) is 4.79 Å². The van der Waals surface area contributed by atoms with Crippen molar-refractivity contribution in [1.29, 1.82) is 0 Å². The first-order chi connectivity index (χ1) is 17.9. The number of carbonyl (C=O) groups is 1. The molecule has 0 saturated carbocycles. The lowest BCUT2D eigenvalue weighted by molar-refractivity contribution is -0.113. The number of carbonyl (C=O) groups excluding carboxylic acids is 1. The number of aryl methyl sites for hydroxylation is 1. The zero-order valence-electron chi connectivity index (χ0n) is 20.7. The SMILES string of the molecule is COc1ccc(NC(=O)C2=C(C)Nc3nc(SCc4cccc(C)c4)nn3[C@H]2c2cccc(Br)c2)cc1. The maximum absolute atomic E-state index is 13.6. The van der Waals surface area contributed by atoms with E-state index in [2.05, 4.69) is 57.8 Å². The predicted octanol–water partition coefficient (Wildman–Crippen LogP) is 6.58. The molecule has 5 rings (SSSR count). The van der Waals surface area contributed by atoms with Crippen LogP contribution in [0.2, 0.25) is 0 Å². The monoisotopic (exact) mass is 575 g/mol. The number of hydrogen-bond acceptors (Lipinski definition) is 6. The molecule has 2 N–H and O–H groups in total. The minimum absolute atomic E-state index is 0.213. The van der Waals surface area contributed by atoms with Crippen LogP contribution >= 0.6 is 27.7 Å². The number of halogens is 1. The van der Waals surface area contributed by atoms with Crippen molar-refractivity contribution < 1.29 is 9.53 Å². The maximum Gasteiger partial charge on any atom is 0.255 e. The summed E-state index contributed by atoms with van der Waals surface area (Å²) in [5.74, 6) is 1.87. The van der Waals surface area contributed by atoms with Gasteiger partial charge in [-0.15, -0.1) is 5.10 Å². The van der Waals surface area contributed by atoms with Gasteiger partial charge in [-0.1, -0.05) is 69.7 Å². The fourth-order valence-electron chi connectivity index (χ4n) is 4.29. The summed E-state index contributed by atoms with van der Waals surface area (Å²) in [5, 5.41) is 11.8. The topological polar surface area (TPSA) is 81.1 Å². The summed E-state index contributed by atoms with van der Waals surface area (Å²) >= 11 is 5.15. The summed E-state index contributed by atoms with van der Waals surface area (Å²) in [4.78, 5) is 18.4. The Balaban J connectivity index is 1.47. The molecule has 188 valence electrons. The highest BCUT2D eigenvalue weighted by Crippen LogP contribution is 2.37. The van der Waals surface area contributed by atoms with Gasteiger partial charge >= 0.3 is 0 Å². The number of anilines is 2. The van der Waals surface area contributed by atoms with Gasteiger partial charge < -0.3 is 15.4 Å². The van der Waals surface area contributed by atoms with Crippen LogP contribution in [0.15, 0.2) is 93.7 Å². The average Bonchev–Trinajstić information content (AvgIpc) is 3.29. The van der Waals surface area contributed by atoms with Gasteiger partial charge in [0.05, 0.1) is 12.7 Å². The van der Waals surface area contributed by atoms with Crippen molar-refractivity contribution in [3.63, 3.8) is 0 Å². The van der Waals surface area contributed by atoms with Crippen LogP contribution in [0, 0.1) is 6.92 Å². The molecule has 1 atom stereocenters. The zero-order chi connectivity index (χ0) is 25.9. The molecule has 0 unspecified atom stereocenters. The summed E-state index contributed by atoms with van der Waals surface area (Å²) in [7, 11) is 1.61. The number of nitrogens with zero attached hydrogens (tertiary/aromatic N) is 3. The number of allylic oxidation sites excluding steroid dienone is 1. The molecule has 1 aromatic heterocycles. The Bertz CT molecular complexity index is 1480. The van der Waals surface area contributed by atoms with E-state index in [-0.39, 0.29) is 5.91 Å². The zero-order valence-corrected chi connectivity index (χ0v) is 23.1. The Labute approximate surface area is 228 Å². The van der Waals surface area contributed by atoms with Gasteiger partial charge in [0.2, 0.25) is 11.1 Å². The van der Waals surface area contributed by atoms with Crippen molar-refractivity contribution in [2.45, 2.75) is 30.8 Å². The molecule has 0 radical (unpaired) electrons. The smallest absolute Gasteiger partial charge is 0.255 e. The van der Waals surface area contributed by atoms with Crippen LogP contribution in [0.5, 0.6) is 5.75 Å². The molecule has 1 aliphatic rings. The number of methoxy groups -OCH3 is 1. The number of ether oxygens (including phenoxy) is 1. The lowest BCUT2D eigenvalue weighted by atomic mass is 9.95. The van der Waals surface area contributed by atoms with Crippen LogP contribution in [-0.4, -0.2) is 27.8 Å². The molecular weight excluding hydrogens is 550 g/mol. The Morgan fingerprint density at radius 2 is 1.89 bits per heavy atom. The number of thioether (sulfide) groups is 1. The Hall–Kier alpha value is -3.56. The van der Waals surface area contributed by atoms with E-state index >= 15 is 0 Å². The highest BCUT2D eigenvalue weighted by Gasteiger charge is 2.34. The summed E-state index contributed by atoms with van der Waals surface area (Å²) < 4.78 is 7.96. The fraction of sp³-hybridized carbons (Fsp3) is 0.179. The molecule has 7 nitrogen and oxygen atoms in total. The summed E-state index contributed by atoms with van der Waals surface area (Å²) in [5.41, 5.74) is 5.34. The van der Waals surface area contributed by atoms with E-state index in [1.54, 1.807) is 23.6 Å². The number of fused-ring (bicyclic) bond motifs is 1. The second-order valence-corrected chi connectivity index (χ2v) is 10.6. The molecule has 0 fully saturated rings. The molecule has 0 bridgehead atoms. The normalized spacial score (nSPS) is 14.6. The molecule has 2 heterocycles. The Kier molecular flexibility index (Phi) is 7.34. The first-order valence-electron chi connectivity index (χ1n) is 11.7. The summed E-state index contributed by atoms with van der Waals surface area (Å²) in [6.07, 6.45) is 0. The number of hydrogen-bond donors (Lipinski definition) is 2. The molecule has 0 saturated heterocycles. The molecular formula is C28H26BrN5O2S. The molecule has 1 aliphatic heterocycles. The van der Waals surface area contributed by atoms with Crippen molar-refractivity contribution in [2.24, 2.45) is 0 Å². The van der Waals surface area contributed by atoms with Gasteiger partial charge in [0, 0.05) is 21.6 Å². The fourth-order valence-corrected chi connectivity index (χ4v) is 5.48. The molecule has 9 heteroatoms. The highest BCUT2D eigenvalue weighted by molar-refractivity contribution is 9.10. The van der Waals surface area contributed by atoms with Crippen LogP contribution in [0.4, 0.5) is 11.6 Å². The third kappa shape index (κ3) is 5.57. The minimum atomic E-state index is -0.451. The third-order valence-electron chi connectivity index (χ3n) is 6.04. The number of rotatable bonds is 7. The molecule has 0 spiro atoms. The minimum Gasteiger partial charge on any atom is -0.497 e. The van der Waals surface area contributed by atoms with E-state index < -0.39 is 6.04 Å². The van der Waals surface area contributed by atoms with Crippen LogP contribution in [-0.2, 0) is 10.5 Å². The van der Waals surface area contributed by atoms with Crippen molar-refractivity contribution in [3.8, 4) is 5.75 Å². The molecule has 4 aromatic rings. The van der Waals surface area contributed by atoms with E-state index in [1.807, 2.05) is 55.5 Å². The summed E-state index contributed by atoms with van der Waals surface area (Å²) in [6.45, 7) is 3.98. The number of nitrogens with one attached hydrogen (secondary N) is 2. The van der Waals surface area contributed by atoms with Crippen LogP contribution in [0.25, 0.3) is 0 Å². The number of amides is 1. The van der Waals surface area contributed by atoms with Gasteiger partial charge in [0.25, 0.3) is 5.91 Å². The maximum atomic E-state index is 13.6. The van der Waals surface area contributed by atoms with Crippen LogP contribution in [0.3, 0.4) is 0 Å². The Morgan fingerprint density at radius 3 is 2.62 bits per heavy atom. The van der Waals surface area contributed by atoms with Gasteiger partial charge in [0.15, 0.2) is 0 Å². The first kappa shape index (κ1) is 25.1. The van der Waals surface area contributed by atoms with Crippen LogP contribution < -0.4 is 15.4 Å². The molecule has 0 aliphatic carbocycles. The lowest BCUT2D eigenvalue weighted by Gasteiger charge is -2.28. The van der Waals surface area contributed by atoms with Gasteiger partial charge in [-0.3, -0.25) is 4.79 Å². The van der Waals surface area contributed by atoms with E-state index in [0.29, 0.717) is 22.4 Å². The van der Waals surface area contributed by atoms with Crippen molar-refractivity contribution in [1.82, 2.24) is 14.8 Å². The third-order valence-corrected chi connectivity index (χ3v) is 7.44.